The van der Waals surface area contributed by atoms with Crippen LogP contribution < -0.4 is 10.5 Å². The summed E-state index contributed by atoms with van der Waals surface area (Å²) in [6.45, 7) is 9.04. The Kier molecular flexibility index (Phi) is 5.67. The molecule has 0 saturated carbocycles. The molecular formula is C20H33N3O. The van der Waals surface area contributed by atoms with Crippen molar-refractivity contribution in [2.45, 2.75) is 57.6 Å². The van der Waals surface area contributed by atoms with Gasteiger partial charge < -0.3 is 20.3 Å². The summed E-state index contributed by atoms with van der Waals surface area (Å²) in [5.41, 5.74) is 8.20. The van der Waals surface area contributed by atoms with Crippen molar-refractivity contribution in [1.82, 2.24) is 9.80 Å². The number of nitrogens with two attached hydrogens (primary N) is 1. The summed E-state index contributed by atoms with van der Waals surface area (Å²) in [4.78, 5) is 5.18. The van der Waals surface area contributed by atoms with Gasteiger partial charge in [0.15, 0.2) is 0 Å². The second-order valence-electron chi connectivity index (χ2n) is 7.81. The fourth-order valence-corrected chi connectivity index (χ4v) is 4.12. The Morgan fingerprint density at radius 1 is 1.04 bits per heavy atom. The number of likely N-dealkylation sites (tertiary alicyclic amines) is 2. The number of hydrogen-bond acceptors (Lipinski definition) is 4. The molecule has 0 unspecified atom stereocenters. The van der Waals surface area contributed by atoms with E-state index in [9.17, 15) is 0 Å². The van der Waals surface area contributed by atoms with E-state index >= 15 is 0 Å². The van der Waals surface area contributed by atoms with Gasteiger partial charge in [0.05, 0.1) is 11.8 Å². The fraction of sp³-hybridized carbons (Fsp3) is 0.700. The zero-order valence-corrected chi connectivity index (χ0v) is 15.5. The molecule has 0 radical (unpaired) electrons. The monoisotopic (exact) mass is 331 g/mol. The van der Waals surface area contributed by atoms with Gasteiger partial charge in [0, 0.05) is 6.04 Å². The van der Waals surface area contributed by atoms with Gasteiger partial charge >= 0.3 is 0 Å². The Morgan fingerprint density at radius 2 is 1.71 bits per heavy atom. The van der Waals surface area contributed by atoms with Crippen molar-refractivity contribution in [3.8, 4) is 5.75 Å². The lowest BCUT2D eigenvalue weighted by atomic mass is 9.87. The smallest absolute Gasteiger partial charge is 0.142 e. The molecule has 4 heteroatoms. The number of nitrogen functional groups attached to an aromatic ring is 1. The van der Waals surface area contributed by atoms with E-state index in [4.69, 9.17) is 10.5 Å². The normalized spacial score (nSPS) is 22.2. The summed E-state index contributed by atoms with van der Waals surface area (Å²) in [6.07, 6.45) is 5.31. The molecule has 2 heterocycles. The number of piperidine rings is 2. The maximum atomic E-state index is 6.06. The first-order valence-electron chi connectivity index (χ1n) is 9.51. The molecule has 0 bridgehead atoms. The van der Waals surface area contributed by atoms with Crippen LogP contribution in [-0.4, -0.2) is 55.2 Å². The van der Waals surface area contributed by atoms with Crippen LogP contribution in [0.15, 0.2) is 18.2 Å². The molecule has 2 fully saturated rings. The van der Waals surface area contributed by atoms with Crippen molar-refractivity contribution in [2.24, 2.45) is 0 Å². The molecule has 0 spiro atoms. The summed E-state index contributed by atoms with van der Waals surface area (Å²) >= 11 is 0. The van der Waals surface area contributed by atoms with Crippen LogP contribution >= 0.6 is 0 Å². The average Bonchev–Trinajstić information content (AvgIpc) is 2.57. The summed E-state index contributed by atoms with van der Waals surface area (Å²) in [5, 5.41) is 0. The Morgan fingerprint density at radius 3 is 2.33 bits per heavy atom. The quantitative estimate of drug-likeness (QED) is 0.859. The van der Waals surface area contributed by atoms with Gasteiger partial charge in [-0.15, -0.1) is 0 Å². The predicted octanol–water partition coefficient (Wildman–Crippen LogP) is 3.33. The van der Waals surface area contributed by atoms with Crippen LogP contribution in [0.1, 0.15) is 51.0 Å². The van der Waals surface area contributed by atoms with E-state index in [-0.39, 0.29) is 6.10 Å². The fourth-order valence-electron chi connectivity index (χ4n) is 4.12. The number of rotatable bonds is 4. The van der Waals surface area contributed by atoms with Gasteiger partial charge in [-0.2, -0.15) is 0 Å². The molecule has 24 heavy (non-hydrogen) atoms. The van der Waals surface area contributed by atoms with Crippen molar-refractivity contribution < 1.29 is 4.74 Å². The molecule has 0 aromatic heterocycles. The third-order valence-corrected chi connectivity index (χ3v) is 5.61. The maximum Gasteiger partial charge on any atom is 0.142 e. The van der Waals surface area contributed by atoms with Crippen molar-refractivity contribution in [3.63, 3.8) is 0 Å². The van der Waals surface area contributed by atoms with Gasteiger partial charge in [-0.05, 0) is 96.4 Å². The standard InChI is InChI=1S/C20H33N3O/c1-15(2)24-20-14-17(4-5-19(20)21)16-6-12-23(13-7-16)18-8-10-22(3)11-9-18/h4-5,14-16,18H,6-13,21H2,1-3H3. The van der Waals surface area contributed by atoms with Crippen LogP contribution in [0.2, 0.25) is 0 Å². The lowest BCUT2D eigenvalue weighted by Gasteiger charge is -2.41. The first-order chi connectivity index (χ1) is 11.5. The molecule has 0 amide bonds. The molecule has 2 aliphatic rings. The third-order valence-electron chi connectivity index (χ3n) is 5.61. The van der Waals surface area contributed by atoms with Gasteiger partial charge in [0.25, 0.3) is 0 Å². The third kappa shape index (κ3) is 4.22. The van der Waals surface area contributed by atoms with Gasteiger partial charge in [-0.3, -0.25) is 0 Å². The molecular weight excluding hydrogens is 298 g/mol. The Balaban J connectivity index is 1.58. The summed E-state index contributed by atoms with van der Waals surface area (Å²) in [5.74, 6) is 1.49. The number of anilines is 1. The Bertz CT molecular complexity index is 530. The molecule has 2 N–H and O–H groups in total. The van der Waals surface area contributed by atoms with Crippen molar-refractivity contribution in [1.29, 1.82) is 0 Å². The molecule has 1 aromatic rings. The molecule has 0 aliphatic carbocycles. The van der Waals surface area contributed by atoms with Gasteiger partial charge in [0.2, 0.25) is 0 Å². The summed E-state index contributed by atoms with van der Waals surface area (Å²) in [7, 11) is 2.24. The van der Waals surface area contributed by atoms with E-state index in [1.165, 1.54) is 57.4 Å². The Hall–Kier alpha value is -1.26. The number of benzene rings is 1. The van der Waals surface area contributed by atoms with Crippen molar-refractivity contribution >= 4 is 5.69 Å². The van der Waals surface area contributed by atoms with Crippen LogP contribution in [-0.2, 0) is 0 Å². The van der Waals surface area contributed by atoms with E-state index in [1.807, 2.05) is 19.9 Å². The topological polar surface area (TPSA) is 41.7 Å². The first kappa shape index (κ1) is 17.6. The van der Waals surface area contributed by atoms with Crippen LogP contribution in [0, 0.1) is 0 Å². The minimum Gasteiger partial charge on any atom is -0.489 e. The minimum atomic E-state index is 0.161. The number of nitrogens with zero attached hydrogens (tertiary/aromatic N) is 2. The van der Waals surface area contributed by atoms with Gasteiger partial charge in [-0.1, -0.05) is 6.07 Å². The van der Waals surface area contributed by atoms with Crippen LogP contribution in [0.25, 0.3) is 0 Å². The first-order valence-corrected chi connectivity index (χ1v) is 9.51. The van der Waals surface area contributed by atoms with Crippen LogP contribution in [0.5, 0.6) is 5.75 Å². The molecule has 2 aliphatic heterocycles. The van der Waals surface area contributed by atoms with Crippen LogP contribution in [0.4, 0.5) is 5.69 Å². The highest BCUT2D eigenvalue weighted by Crippen LogP contribution is 2.34. The highest BCUT2D eigenvalue weighted by atomic mass is 16.5. The van der Waals surface area contributed by atoms with Gasteiger partial charge in [0.1, 0.15) is 5.75 Å². The predicted molar refractivity (Wildman–Crippen MR) is 101 cm³/mol. The van der Waals surface area contributed by atoms with Crippen molar-refractivity contribution in [3.05, 3.63) is 23.8 Å². The van der Waals surface area contributed by atoms with Gasteiger partial charge in [-0.25, -0.2) is 0 Å². The molecule has 0 atom stereocenters. The van der Waals surface area contributed by atoms with Crippen molar-refractivity contribution in [2.75, 3.05) is 39.0 Å². The largest absolute Gasteiger partial charge is 0.489 e. The molecule has 2 saturated heterocycles. The zero-order valence-electron chi connectivity index (χ0n) is 15.5. The lowest BCUT2D eigenvalue weighted by molar-refractivity contribution is 0.0966. The van der Waals surface area contributed by atoms with E-state index in [2.05, 4.69) is 29.0 Å². The SMILES string of the molecule is CC(C)Oc1cc(C2CCN(C3CCN(C)CC3)CC2)ccc1N. The maximum absolute atomic E-state index is 6.06. The number of ether oxygens (including phenoxy) is 1. The molecule has 134 valence electrons. The van der Waals surface area contributed by atoms with E-state index in [0.717, 1.165) is 17.5 Å². The summed E-state index contributed by atoms with van der Waals surface area (Å²) in [6, 6.07) is 7.17. The number of hydrogen-bond donors (Lipinski definition) is 1. The Labute approximate surface area is 147 Å². The van der Waals surface area contributed by atoms with E-state index in [1.54, 1.807) is 0 Å². The minimum absolute atomic E-state index is 0.161. The summed E-state index contributed by atoms with van der Waals surface area (Å²) < 4.78 is 5.86. The molecule has 3 rings (SSSR count). The molecule has 4 nitrogen and oxygen atoms in total. The van der Waals surface area contributed by atoms with E-state index < -0.39 is 0 Å². The zero-order chi connectivity index (χ0) is 17.1. The average molecular weight is 332 g/mol. The lowest BCUT2D eigenvalue weighted by Crippen LogP contribution is -2.46. The highest BCUT2D eigenvalue weighted by Gasteiger charge is 2.28. The van der Waals surface area contributed by atoms with E-state index in [0.29, 0.717) is 5.92 Å². The van der Waals surface area contributed by atoms with Crippen LogP contribution in [0.3, 0.4) is 0 Å². The second kappa shape index (κ2) is 7.75. The molecule has 1 aromatic carbocycles. The second-order valence-corrected chi connectivity index (χ2v) is 7.81. The highest BCUT2D eigenvalue weighted by molar-refractivity contribution is 5.54.